The van der Waals surface area contributed by atoms with Crippen molar-refractivity contribution in [3.05, 3.63) is 77.7 Å². The van der Waals surface area contributed by atoms with E-state index >= 15 is 0 Å². The van der Waals surface area contributed by atoms with Crippen LogP contribution in [-0.2, 0) is 6.42 Å². The Hall–Kier alpha value is -3.09. The van der Waals surface area contributed by atoms with Crippen LogP contribution in [0.4, 0.5) is 5.69 Å². The molecular weight excluding hydrogens is 404 g/mol. The number of fused-ring (bicyclic) bond motifs is 1. The zero-order valence-electron chi connectivity index (χ0n) is 17.5. The summed E-state index contributed by atoms with van der Waals surface area (Å²) in [5, 5.41) is 2.16. The maximum absolute atomic E-state index is 13.0. The summed E-state index contributed by atoms with van der Waals surface area (Å²) in [5.41, 5.74) is 5.64. The maximum atomic E-state index is 13.0. The number of nitrogens with zero attached hydrogens (tertiary/aromatic N) is 4. The second-order valence-electron chi connectivity index (χ2n) is 8.04. The SMILES string of the molecule is CN1CCN(c2cccc(C(=O)Cc3cc4cc(-c5cncs5)ccc4cn3)c2)CC1. The van der Waals surface area contributed by atoms with Crippen LogP contribution in [-0.4, -0.2) is 53.9 Å². The van der Waals surface area contributed by atoms with Crippen molar-refractivity contribution in [1.82, 2.24) is 14.9 Å². The van der Waals surface area contributed by atoms with Crippen molar-refractivity contribution in [1.29, 1.82) is 0 Å². The van der Waals surface area contributed by atoms with E-state index in [0.29, 0.717) is 6.42 Å². The van der Waals surface area contributed by atoms with Crippen molar-refractivity contribution in [3.63, 3.8) is 0 Å². The molecule has 0 aliphatic carbocycles. The van der Waals surface area contributed by atoms with Crippen LogP contribution >= 0.6 is 11.3 Å². The Labute approximate surface area is 186 Å². The summed E-state index contributed by atoms with van der Waals surface area (Å²) in [7, 11) is 2.15. The monoisotopic (exact) mass is 428 g/mol. The lowest BCUT2D eigenvalue weighted by Crippen LogP contribution is -2.44. The first-order valence-electron chi connectivity index (χ1n) is 10.5. The molecule has 4 aromatic rings. The van der Waals surface area contributed by atoms with Crippen molar-refractivity contribution >= 4 is 33.6 Å². The molecule has 2 aromatic carbocycles. The van der Waals surface area contributed by atoms with Crippen LogP contribution in [0.2, 0.25) is 0 Å². The Balaban J connectivity index is 1.35. The van der Waals surface area contributed by atoms with Crippen LogP contribution in [0.5, 0.6) is 0 Å². The molecule has 31 heavy (non-hydrogen) atoms. The van der Waals surface area contributed by atoms with Crippen LogP contribution < -0.4 is 4.90 Å². The molecule has 0 atom stereocenters. The molecule has 0 unspecified atom stereocenters. The van der Waals surface area contributed by atoms with Crippen LogP contribution in [0.1, 0.15) is 16.1 Å². The topological polar surface area (TPSA) is 49.3 Å². The van der Waals surface area contributed by atoms with Crippen LogP contribution in [0.3, 0.4) is 0 Å². The largest absolute Gasteiger partial charge is 0.369 e. The Kier molecular flexibility index (Phi) is 5.49. The summed E-state index contributed by atoms with van der Waals surface area (Å²) in [6.45, 7) is 4.07. The number of hydrogen-bond acceptors (Lipinski definition) is 6. The molecule has 1 aliphatic rings. The summed E-state index contributed by atoms with van der Waals surface area (Å²) in [6.07, 6.45) is 4.03. The third-order valence-electron chi connectivity index (χ3n) is 5.87. The van der Waals surface area contributed by atoms with E-state index in [9.17, 15) is 4.79 Å². The van der Waals surface area contributed by atoms with Crippen molar-refractivity contribution < 1.29 is 4.79 Å². The number of carbonyl (C=O) groups excluding carboxylic acids is 1. The summed E-state index contributed by atoms with van der Waals surface area (Å²) < 4.78 is 0. The maximum Gasteiger partial charge on any atom is 0.168 e. The zero-order chi connectivity index (χ0) is 21.2. The Morgan fingerprint density at radius 1 is 1.00 bits per heavy atom. The molecule has 1 aliphatic heterocycles. The molecule has 0 radical (unpaired) electrons. The molecule has 1 fully saturated rings. The lowest BCUT2D eigenvalue weighted by Gasteiger charge is -2.34. The summed E-state index contributed by atoms with van der Waals surface area (Å²) in [5.74, 6) is 0.0986. The molecule has 2 aromatic heterocycles. The molecule has 6 heteroatoms. The van der Waals surface area contributed by atoms with E-state index in [1.165, 1.54) is 0 Å². The van der Waals surface area contributed by atoms with Gasteiger partial charge in [0, 0.05) is 60.9 Å². The molecule has 0 N–H and O–H groups in total. The second kappa shape index (κ2) is 8.57. The van der Waals surface area contributed by atoms with Gasteiger partial charge in [-0.2, -0.15) is 0 Å². The Morgan fingerprint density at radius 2 is 1.87 bits per heavy atom. The van der Waals surface area contributed by atoms with E-state index in [1.807, 2.05) is 42.2 Å². The lowest BCUT2D eigenvalue weighted by molar-refractivity contribution is 0.0992. The van der Waals surface area contributed by atoms with Crippen LogP contribution in [0, 0.1) is 0 Å². The summed E-state index contributed by atoms with van der Waals surface area (Å²) in [6, 6.07) is 16.3. The van der Waals surface area contributed by atoms with E-state index in [0.717, 1.165) is 64.3 Å². The lowest BCUT2D eigenvalue weighted by atomic mass is 10.0. The predicted octanol–water partition coefficient (Wildman–Crippen LogP) is 4.54. The number of Topliss-reactive ketones (excluding diaryl/α,β-unsaturated/α-hetero) is 1. The number of hydrogen-bond donors (Lipinski definition) is 0. The van der Waals surface area contributed by atoms with Gasteiger partial charge in [-0.05, 0) is 42.3 Å². The van der Waals surface area contributed by atoms with E-state index in [-0.39, 0.29) is 5.78 Å². The number of anilines is 1. The highest BCUT2D eigenvalue weighted by atomic mass is 32.1. The number of piperazine rings is 1. The van der Waals surface area contributed by atoms with E-state index in [2.05, 4.69) is 51.1 Å². The summed E-state index contributed by atoms with van der Waals surface area (Å²) >= 11 is 1.62. The van der Waals surface area contributed by atoms with Crippen molar-refractivity contribution in [3.8, 4) is 10.4 Å². The van der Waals surface area contributed by atoms with Crippen molar-refractivity contribution in [2.24, 2.45) is 0 Å². The highest BCUT2D eigenvalue weighted by molar-refractivity contribution is 7.13. The number of ketones is 1. The fraction of sp³-hybridized carbons (Fsp3) is 0.240. The molecule has 0 amide bonds. The second-order valence-corrected chi connectivity index (χ2v) is 8.93. The van der Waals surface area contributed by atoms with Gasteiger partial charge in [0.25, 0.3) is 0 Å². The van der Waals surface area contributed by atoms with E-state index < -0.39 is 0 Å². The van der Waals surface area contributed by atoms with E-state index in [4.69, 9.17) is 0 Å². The fourth-order valence-electron chi connectivity index (χ4n) is 4.00. The number of carbonyl (C=O) groups is 1. The normalized spacial score (nSPS) is 14.8. The number of likely N-dealkylation sites (N-methyl/N-ethyl adjacent to an activating group) is 1. The van der Waals surface area contributed by atoms with Gasteiger partial charge in [-0.1, -0.05) is 24.3 Å². The minimum atomic E-state index is 0.0986. The van der Waals surface area contributed by atoms with Gasteiger partial charge in [0.15, 0.2) is 5.78 Å². The van der Waals surface area contributed by atoms with Gasteiger partial charge in [0.05, 0.1) is 16.8 Å². The fourth-order valence-corrected chi connectivity index (χ4v) is 4.62. The number of pyridine rings is 1. The molecular formula is C25H24N4OS. The molecule has 0 bridgehead atoms. The van der Waals surface area contributed by atoms with Gasteiger partial charge in [0.2, 0.25) is 0 Å². The third kappa shape index (κ3) is 4.36. The molecule has 0 spiro atoms. The highest BCUT2D eigenvalue weighted by Crippen LogP contribution is 2.27. The molecule has 1 saturated heterocycles. The molecule has 5 rings (SSSR count). The third-order valence-corrected chi connectivity index (χ3v) is 6.70. The van der Waals surface area contributed by atoms with E-state index in [1.54, 1.807) is 11.3 Å². The van der Waals surface area contributed by atoms with Crippen LogP contribution in [0.25, 0.3) is 21.2 Å². The smallest absolute Gasteiger partial charge is 0.168 e. The number of thiazole rings is 1. The zero-order valence-corrected chi connectivity index (χ0v) is 18.3. The Morgan fingerprint density at radius 3 is 2.68 bits per heavy atom. The Bertz CT molecular complexity index is 1210. The van der Waals surface area contributed by atoms with Gasteiger partial charge in [-0.15, -0.1) is 11.3 Å². The van der Waals surface area contributed by atoms with Gasteiger partial charge in [-0.3, -0.25) is 14.8 Å². The predicted molar refractivity (Wildman–Crippen MR) is 127 cm³/mol. The first-order valence-corrected chi connectivity index (χ1v) is 11.4. The van der Waals surface area contributed by atoms with Crippen LogP contribution in [0.15, 0.2) is 66.4 Å². The minimum Gasteiger partial charge on any atom is -0.369 e. The number of benzene rings is 2. The minimum absolute atomic E-state index is 0.0986. The summed E-state index contributed by atoms with van der Waals surface area (Å²) in [4.78, 5) is 27.5. The van der Waals surface area contributed by atoms with Gasteiger partial charge in [-0.25, -0.2) is 0 Å². The average molecular weight is 429 g/mol. The molecule has 156 valence electrons. The first kappa shape index (κ1) is 19.8. The molecule has 0 saturated carbocycles. The highest BCUT2D eigenvalue weighted by Gasteiger charge is 2.16. The van der Waals surface area contributed by atoms with Crippen molar-refractivity contribution in [2.45, 2.75) is 6.42 Å². The van der Waals surface area contributed by atoms with Crippen molar-refractivity contribution in [2.75, 3.05) is 38.1 Å². The van der Waals surface area contributed by atoms with Gasteiger partial charge in [0.1, 0.15) is 0 Å². The average Bonchev–Trinajstić information content (AvgIpc) is 3.34. The standard InChI is InChI=1S/C25H24N4OS/c1-28-7-9-29(10-8-28)23-4-2-3-18(13-23)24(30)14-22-12-21-11-19(25-16-26-17-31-25)5-6-20(21)15-27-22/h2-6,11-13,15-17H,7-10,14H2,1H3. The number of rotatable bonds is 5. The van der Waals surface area contributed by atoms with Gasteiger partial charge >= 0.3 is 0 Å². The molecule has 3 heterocycles. The van der Waals surface area contributed by atoms with Gasteiger partial charge < -0.3 is 9.80 Å². The first-order chi connectivity index (χ1) is 15.2. The number of aromatic nitrogens is 2. The molecule has 5 nitrogen and oxygen atoms in total. The quantitative estimate of drug-likeness (QED) is 0.437.